The molecule has 1 aliphatic carbocycles. The molecule has 0 radical (unpaired) electrons. The van der Waals surface area contributed by atoms with E-state index < -0.39 is 28.8 Å². The summed E-state index contributed by atoms with van der Waals surface area (Å²) in [5, 5.41) is 15.5. The Labute approximate surface area is 179 Å². The third-order valence-electron chi connectivity index (χ3n) is 6.49. The first-order valence-electron chi connectivity index (χ1n) is 10.2. The summed E-state index contributed by atoms with van der Waals surface area (Å²) in [4.78, 5) is 0. The number of aliphatic hydroxyl groups is 1. The van der Waals surface area contributed by atoms with Gasteiger partial charge in [0, 0.05) is 28.6 Å². The molecule has 0 bridgehead atoms. The van der Waals surface area contributed by atoms with Crippen molar-refractivity contribution in [2.24, 2.45) is 0 Å². The van der Waals surface area contributed by atoms with E-state index in [1.54, 1.807) is 12.1 Å². The van der Waals surface area contributed by atoms with Crippen LogP contribution in [0.1, 0.15) is 37.3 Å². The van der Waals surface area contributed by atoms with Gasteiger partial charge in [0.25, 0.3) is 0 Å². The molecular formula is C23H25ClF3NO2. The van der Waals surface area contributed by atoms with Crippen LogP contribution in [-0.4, -0.2) is 36.1 Å². The lowest BCUT2D eigenvalue weighted by Crippen LogP contribution is -2.65. The van der Waals surface area contributed by atoms with Crippen LogP contribution in [-0.2, 0) is 11.8 Å². The fourth-order valence-corrected chi connectivity index (χ4v) is 5.15. The van der Waals surface area contributed by atoms with E-state index in [0.717, 1.165) is 17.7 Å². The summed E-state index contributed by atoms with van der Waals surface area (Å²) in [6.07, 6.45) is 0.543. The van der Waals surface area contributed by atoms with Crippen molar-refractivity contribution in [3.63, 3.8) is 0 Å². The molecule has 7 heteroatoms. The van der Waals surface area contributed by atoms with Crippen LogP contribution < -0.4 is 10.1 Å². The maximum absolute atomic E-state index is 15.1. The van der Waals surface area contributed by atoms with Crippen molar-refractivity contribution in [2.45, 2.75) is 55.8 Å². The molecule has 4 atom stereocenters. The van der Waals surface area contributed by atoms with Gasteiger partial charge in [-0.05, 0) is 62.4 Å². The van der Waals surface area contributed by atoms with Gasteiger partial charge in [0.2, 0.25) is 0 Å². The molecule has 0 saturated heterocycles. The van der Waals surface area contributed by atoms with Gasteiger partial charge >= 0.3 is 0 Å². The van der Waals surface area contributed by atoms with E-state index in [1.165, 1.54) is 6.92 Å². The van der Waals surface area contributed by atoms with Crippen LogP contribution in [0.2, 0.25) is 5.02 Å². The standard InChI is InChI=1S/C23H25ClF3NO2/c1-14(25)12-28-17-8-9-22(10-15-2-4-16(24)5-3-15)20-18(26)6-7-19(27)21(20)30-13-23(22,29)11-17/h2-7,14,17,28-29H,8-13H2,1H3/t14?,17-,22-,23+/m1/s1. The summed E-state index contributed by atoms with van der Waals surface area (Å²) in [6, 6.07) is 9.13. The summed E-state index contributed by atoms with van der Waals surface area (Å²) >= 11 is 6.01. The van der Waals surface area contributed by atoms with Crippen LogP contribution >= 0.6 is 11.6 Å². The molecule has 0 spiro atoms. The van der Waals surface area contributed by atoms with Crippen LogP contribution in [0.15, 0.2) is 36.4 Å². The van der Waals surface area contributed by atoms with E-state index in [2.05, 4.69) is 5.32 Å². The molecule has 1 saturated carbocycles. The Morgan fingerprint density at radius 3 is 2.60 bits per heavy atom. The number of nitrogens with one attached hydrogen (secondary N) is 1. The fraction of sp³-hybridized carbons (Fsp3) is 0.478. The van der Waals surface area contributed by atoms with Crippen molar-refractivity contribution in [3.05, 3.63) is 64.2 Å². The predicted octanol–water partition coefficient (Wildman–Crippen LogP) is 4.72. The molecular weight excluding hydrogens is 415 g/mol. The molecule has 0 aromatic heterocycles. The molecule has 2 aliphatic rings. The summed E-state index contributed by atoms with van der Waals surface area (Å²) in [5.74, 6) is -1.37. The largest absolute Gasteiger partial charge is 0.487 e. The second-order valence-electron chi connectivity index (χ2n) is 8.57. The van der Waals surface area contributed by atoms with Crippen LogP contribution in [0.4, 0.5) is 13.2 Å². The number of hydrogen-bond acceptors (Lipinski definition) is 3. The van der Waals surface area contributed by atoms with Gasteiger partial charge in [-0.2, -0.15) is 0 Å². The molecule has 2 aromatic rings. The lowest BCUT2D eigenvalue weighted by Gasteiger charge is -2.55. The number of halogens is 4. The highest BCUT2D eigenvalue weighted by atomic mass is 35.5. The third kappa shape index (κ3) is 3.70. The van der Waals surface area contributed by atoms with Gasteiger partial charge in [-0.25, -0.2) is 13.2 Å². The smallest absolute Gasteiger partial charge is 0.165 e. The molecule has 3 nitrogen and oxygen atoms in total. The molecule has 1 aliphatic heterocycles. The van der Waals surface area contributed by atoms with Gasteiger partial charge in [-0.3, -0.25) is 0 Å². The third-order valence-corrected chi connectivity index (χ3v) is 6.75. The Kier molecular flexibility index (Phi) is 5.77. The van der Waals surface area contributed by atoms with Gasteiger partial charge in [0.15, 0.2) is 11.6 Å². The summed E-state index contributed by atoms with van der Waals surface area (Å²) in [6.45, 7) is 1.48. The first-order chi connectivity index (χ1) is 14.2. The highest BCUT2D eigenvalue weighted by Gasteiger charge is 2.60. The van der Waals surface area contributed by atoms with Gasteiger partial charge in [-0.1, -0.05) is 23.7 Å². The van der Waals surface area contributed by atoms with Crippen molar-refractivity contribution in [2.75, 3.05) is 13.2 Å². The molecule has 30 heavy (non-hydrogen) atoms. The Hall–Kier alpha value is -1.76. The summed E-state index contributed by atoms with van der Waals surface area (Å²) < 4.78 is 48.5. The Bertz CT molecular complexity index is 923. The van der Waals surface area contributed by atoms with E-state index in [1.807, 2.05) is 12.1 Å². The number of alkyl halides is 1. The molecule has 1 unspecified atom stereocenters. The zero-order chi connectivity index (χ0) is 21.5. The van der Waals surface area contributed by atoms with E-state index in [9.17, 15) is 13.9 Å². The normalized spacial score (nSPS) is 28.9. The zero-order valence-corrected chi connectivity index (χ0v) is 17.5. The Morgan fingerprint density at radius 2 is 1.90 bits per heavy atom. The van der Waals surface area contributed by atoms with Gasteiger partial charge in [0.1, 0.15) is 24.2 Å². The molecule has 2 aromatic carbocycles. The maximum atomic E-state index is 15.1. The molecule has 162 valence electrons. The van der Waals surface area contributed by atoms with E-state index in [4.69, 9.17) is 16.3 Å². The number of rotatable bonds is 5. The van der Waals surface area contributed by atoms with Crippen molar-refractivity contribution in [3.8, 4) is 5.75 Å². The van der Waals surface area contributed by atoms with E-state index in [-0.39, 0.29) is 36.9 Å². The van der Waals surface area contributed by atoms with Crippen molar-refractivity contribution in [1.29, 1.82) is 0 Å². The highest BCUT2D eigenvalue weighted by Crippen LogP contribution is 2.55. The molecule has 1 heterocycles. The summed E-state index contributed by atoms with van der Waals surface area (Å²) in [7, 11) is 0. The first-order valence-corrected chi connectivity index (χ1v) is 10.6. The highest BCUT2D eigenvalue weighted by molar-refractivity contribution is 6.30. The van der Waals surface area contributed by atoms with Crippen LogP contribution in [0.5, 0.6) is 5.75 Å². The van der Waals surface area contributed by atoms with Crippen LogP contribution in [0, 0.1) is 11.6 Å². The average molecular weight is 440 g/mol. The van der Waals surface area contributed by atoms with Gasteiger partial charge in [0.05, 0.1) is 0 Å². The number of fused-ring (bicyclic) bond motifs is 3. The van der Waals surface area contributed by atoms with Crippen molar-refractivity contribution >= 4 is 11.6 Å². The SMILES string of the molecule is CC(F)CN[C@@H]1CC[C@@]2(Cc3ccc(Cl)cc3)c3c(F)ccc(F)c3OC[C@@]2(O)C1. The van der Waals surface area contributed by atoms with Crippen molar-refractivity contribution < 1.29 is 23.0 Å². The second kappa shape index (κ2) is 8.06. The van der Waals surface area contributed by atoms with E-state index in [0.29, 0.717) is 24.3 Å². The quantitative estimate of drug-likeness (QED) is 0.708. The Balaban J connectivity index is 1.78. The molecule has 4 rings (SSSR count). The predicted molar refractivity (Wildman–Crippen MR) is 110 cm³/mol. The van der Waals surface area contributed by atoms with E-state index >= 15 is 4.39 Å². The summed E-state index contributed by atoms with van der Waals surface area (Å²) in [5.41, 5.74) is -1.56. The van der Waals surface area contributed by atoms with Gasteiger partial charge in [-0.15, -0.1) is 0 Å². The fourth-order valence-electron chi connectivity index (χ4n) is 5.02. The zero-order valence-electron chi connectivity index (χ0n) is 16.7. The first kappa shape index (κ1) is 21.5. The lowest BCUT2D eigenvalue weighted by molar-refractivity contribution is -0.121. The lowest BCUT2D eigenvalue weighted by atomic mass is 9.55. The average Bonchev–Trinajstić information content (AvgIpc) is 2.70. The maximum Gasteiger partial charge on any atom is 0.165 e. The monoisotopic (exact) mass is 439 g/mol. The topological polar surface area (TPSA) is 41.5 Å². The molecule has 2 N–H and O–H groups in total. The number of ether oxygens (including phenoxy) is 1. The van der Waals surface area contributed by atoms with Crippen LogP contribution in [0.3, 0.4) is 0 Å². The minimum atomic E-state index is -1.44. The minimum absolute atomic E-state index is 0.0866. The minimum Gasteiger partial charge on any atom is -0.487 e. The number of benzene rings is 2. The molecule has 1 fully saturated rings. The molecule has 0 amide bonds. The number of hydrogen-bond donors (Lipinski definition) is 2. The second-order valence-corrected chi connectivity index (χ2v) is 9.00. The van der Waals surface area contributed by atoms with Crippen molar-refractivity contribution in [1.82, 2.24) is 5.32 Å². The van der Waals surface area contributed by atoms with Crippen LogP contribution in [0.25, 0.3) is 0 Å². The Morgan fingerprint density at radius 1 is 1.20 bits per heavy atom. The van der Waals surface area contributed by atoms with Gasteiger partial charge < -0.3 is 15.2 Å².